The Morgan fingerprint density at radius 1 is 1.16 bits per heavy atom. The summed E-state index contributed by atoms with van der Waals surface area (Å²) in [5.74, 6) is -0.168. The summed E-state index contributed by atoms with van der Waals surface area (Å²) < 4.78 is 1.05. The van der Waals surface area contributed by atoms with Crippen LogP contribution in [0.15, 0.2) is 58.3 Å². The van der Waals surface area contributed by atoms with Crippen LogP contribution in [0, 0.1) is 6.92 Å². The lowest BCUT2D eigenvalue weighted by atomic mass is 10.2. The fraction of sp³-hybridized carbons (Fsp3) is 0.0556. The van der Waals surface area contributed by atoms with Gasteiger partial charge in [-0.25, -0.2) is 4.98 Å². The molecule has 0 N–H and O–H groups in total. The molecular weight excluding hydrogens is 370 g/mol. The highest BCUT2D eigenvalue weighted by molar-refractivity contribution is 7.22. The van der Waals surface area contributed by atoms with Crippen LogP contribution in [-0.4, -0.2) is 17.1 Å². The van der Waals surface area contributed by atoms with E-state index in [2.05, 4.69) is 16.2 Å². The van der Waals surface area contributed by atoms with Crippen molar-refractivity contribution in [2.75, 3.05) is 5.01 Å². The van der Waals surface area contributed by atoms with E-state index < -0.39 is 0 Å². The van der Waals surface area contributed by atoms with Gasteiger partial charge in [-0.15, -0.1) is 22.7 Å². The molecule has 0 saturated heterocycles. The third kappa shape index (κ3) is 3.39. The topological polar surface area (TPSA) is 45.6 Å². The summed E-state index contributed by atoms with van der Waals surface area (Å²) in [7, 11) is 0. The normalized spacial score (nSPS) is 11.4. The molecule has 0 atom stereocenters. The number of carbonyl (C=O) groups is 1. The van der Waals surface area contributed by atoms with Crippen LogP contribution in [-0.2, 0) is 0 Å². The lowest BCUT2D eigenvalue weighted by Crippen LogP contribution is -2.24. The van der Waals surface area contributed by atoms with E-state index in [1.807, 2.05) is 48.0 Å². The van der Waals surface area contributed by atoms with Crippen LogP contribution in [0.2, 0.25) is 0 Å². The van der Waals surface area contributed by atoms with Gasteiger partial charge in [-0.3, -0.25) is 4.79 Å². The molecule has 0 radical (unpaired) electrons. The second-order valence-electron chi connectivity index (χ2n) is 5.32. The van der Waals surface area contributed by atoms with E-state index in [1.54, 1.807) is 23.6 Å². The molecule has 4 nitrogen and oxygen atoms in total. The molecule has 0 fully saturated rings. The summed E-state index contributed by atoms with van der Waals surface area (Å²) in [6.45, 7) is 2.04. The Labute approximate surface area is 156 Å². The van der Waals surface area contributed by atoms with Gasteiger partial charge in [0.05, 0.1) is 21.3 Å². The van der Waals surface area contributed by atoms with Crippen molar-refractivity contribution >= 4 is 61.5 Å². The first-order valence-electron chi connectivity index (χ1n) is 7.53. The van der Waals surface area contributed by atoms with Crippen molar-refractivity contribution in [3.05, 3.63) is 68.5 Å². The third-order valence-corrected chi connectivity index (χ3v) is 6.14. The molecule has 4 rings (SSSR count). The predicted molar refractivity (Wildman–Crippen MR) is 107 cm³/mol. The highest BCUT2D eigenvalue weighted by atomic mass is 32.1. The van der Waals surface area contributed by atoms with Crippen molar-refractivity contribution in [2.24, 2.45) is 5.10 Å². The van der Waals surface area contributed by atoms with Crippen molar-refractivity contribution in [1.29, 1.82) is 0 Å². The van der Waals surface area contributed by atoms with Crippen LogP contribution in [0.4, 0.5) is 5.13 Å². The van der Waals surface area contributed by atoms with E-state index in [9.17, 15) is 4.79 Å². The van der Waals surface area contributed by atoms with Crippen LogP contribution >= 0.6 is 34.0 Å². The van der Waals surface area contributed by atoms with Gasteiger partial charge < -0.3 is 0 Å². The first-order valence-corrected chi connectivity index (χ1v) is 10.1. The number of hydrogen-bond donors (Lipinski definition) is 0. The van der Waals surface area contributed by atoms with Crippen LogP contribution in [0.25, 0.3) is 10.2 Å². The largest absolute Gasteiger partial charge is 0.290 e. The average Bonchev–Trinajstić information content (AvgIpc) is 3.36. The fourth-order valence-electron chi connectivity index (χ4n) is 2.28. The lowest BCUT2D eigenvalue weighted by molar-refractivity contribution is 0.0991. The number of fused-ring (bicyclic) bond motifs is 1. The molecule has 0 unspecified atom stereocenters. The summed E-state index contributed by atoms with van der Waals surface area (Å²) in [6.07, 6.45) is 1.70. The summed E-state index contributed by atoms with van der Waals surface area (Å²) in [5, 5.41) is 10.3. The number of aromatic nitrogens is 1. The number of thiophene rings is 2. The molecule has 7 heteroatoms. The maximum Gasteiger partial charge on any atom is 0.290 e. The van der Waals surface area contributed by atoms with Gasteiger partial charge in [0, 0.05) is 4.88 Å². The number of anilines is 1. The molecule has 3 aromatic heterocycles. The zero-order valence-electron chi connectivity index (χ0n) is 13.2. The molecule has 0 aliphatic heterocycles. The Bertz CT molecular complexity index is 1030. The third-order valence-electron chi connectivity index (χ3n) is 3.48. The molecule has 0 bridgehead atoms. The van der Waals surface area contributed by atoms with Crippen LogP contribution < -0.4 is 5.01 Å². The quantitative estimate of drug-likeness (QED) is 0.349. The zero-order chi connectivity index (χ0) is 17.2. The van der Waals surface area contributed by atoms with Gasteiger partial charge in [0.1, 0.15) is 0 Å². The smallest absolute Gasteiger partial charge is 0.266 e. The molecule has 0 spiro atoms. The second-order valence-corrected chi connectivity index (χ2v) is 8.26. The molecule has 1 aromatic carbocycles. The fourth-order valence-corrected chi connectivity index (χ4v) is 4.53. The number of nitrogens with zero attached hydrogens (tertiary/aromatic N) is 3. The van der Waals surface area contributed by atoms with Crippen molar-refractivity contribution < 1.29 is 4.79 Å². The lowest BCUT2D eigenvalue weighted by Gasteiger charge is -2.12. The summed E-state index contributed by atoms with van der Waals surface area (Å²) >= 11 is 4.45. The van der Waals surface area contributed by atoms with Crippen LogP contribution in [0.1, 0.15) is 20.1 Å². The first kappa shape index (κ1) is 16.1. The van der Waals surface area contributed by atoms with Gasteiger partial charge in [0.15, 0.2) is 0 Å². The molecule has 1 amide bonds. The maximum absolute atomic E-state index is 12.9. The number of thiazole rings is 1. The van der Waals surface area contributed by atoms with E-state index in [0.717, 1.165) is 15.1 Å². The highest BCUT2D eigenvalue weighted by Gasteiger charge is 2.21. The predicted octanol–water partition coefficient (Wildman–Crippen LogP) is 5.41. The van der Waals surface area contributed by atoms with Crippen molar-refractivity contribution in [3.8, 4) is 0 Å². The summed E-state index contributed by atoms with van der Waals surface area (Å²) in [4.78, 5) is 19.1. The van der Waals surface area contributed by atoms with Gasteiger partial charge in [0.2, 0.25) is 5.13 Å². The molecule has 25 heavy (non-hydrogen) atoms. The van der Waals surface area contributed by atoms with Crippen molar-refractivity contribution in [2.45, 2.75) is 6.92 Å². The first-order chi connectivity index (χ1) is 12.2. The van der Waals surface area contributed by atoms with Gasteiger partial charge >= 0.3 is 0 Å². The van der Waals surface area contributed by atoms with Gasteiger partial charge in [-0.1, -0.05) is 29.5 Å². The van der Waals surface area contributed by atoms with E-state index in [4.69, 9.17) is 0 Å². The summed E-state index contributed by atoms with van der Waals surface area (Å²) in [5.41, 5.74) is 2.04. The number of amides is 1. The Kier molecular flexibility index (Phi) is 4.44. The van der Waals surface area contributed by atoms with E-state index in [1.165, 1.54) is 33.2 Å². The minimum atomic E-state index is -0.168. The standard InChI is InChI=1S/C18H13N3OS3/c1-12-6-7-14-16(10-12)25-18(20-14)21(17(22)15-5-3-9-24-15)19-11-13-4-2-8-23-13/h2-11H,1H3/b19-11+. The molecule has 4 aromatic rings. The molecule has 124 valence electrons. The Morgan fingerprint density at radius 2 is 2.00 bits per heavy atom. The van der Waals surface area contributed by atoms with Crippen molar-refractivity contribution in [1.82, 2.24) is 4.98 Å². The number of aryl methyl sites for hydroxylation is 1. The molecule has 3 heterocycles. The number of hydrazone groups is 1. The van der Waals surface area contributed by atoms with E-state index >= 15 is 0 Å². The SMILES string of the molecule is Cc1ccc2nc(N(/N=C/c3cccs3)C(=O)c3cccs3)sc2c1. The number of rotatable bonds is 4. The molecule has 0 aliphatic rings. The number of carbonyl (C=O) groups excluding carboxylic acids is 1. The molecule has 0 saturated carbocycles. The van der Waals surface area contributed by atoms with Gasteiger partial charge in [0.25, 0.3) is 5.91 Å². The van der Waals surface area contributed by atoms with Crippen LogP contribution in [0.3, 0.4) is 0 Å². The minimum Gasteiger partial charge on any atom is -0.266 e. The molecular formula is C18H13N3OS3. The van der Waals surface area contributed by atoms with E-state index in [-0.39, 0.29) is 5.91 Å². The number of hydrogen-bond acceptors (Lipinski definition) is 6. The van der Waals surface area contributed by atoms with Gasteiger partial charge in [-0.05, 0) is 47.5 Å². The van der Waals surface area contributed by atoms with Crippen molar-refractivity contribution in [3.63, 3.8) is 0 Å². The average molecular weight is 384 g/mol. The highest BCUT2D eigenvalue weighted by Crippen LogP contribution is 2.31. The van der Waals surface area contributed by atoms with E-state index in [0.29, 0.717) is 10.0 Å². The van der Waals surface area contributed by atoms with Gasteiger partial charge in [-0.2, -0.15) is 10.1 Å². The Hall–Kier alpha value is -2.35. The summed E-state index contributed by atoms with van der Waals surface area (Å²) in [6, 6.07) is 13.7. The Balaban J connectivity index is 1.76. The van der Waals surface area contributed by atoms with Crippen LogP contribution in [0.5, 0.6) is 0 Å². The maximum atomic E-state index is 12.9. The zero-order valence-corrected chi connectivity index (χ0v) is 15.7. The monoisotopic (exact) mass is 383 g/mol. The molecule has 0 aliphatic carbocycles. The number of benzene rings is 1. The minimum absolute atomic E-state index is 0.168. The Morgan fingerprint density at radius 3 is 2.76 bits per heavy atom. The second kappa shape index (κ2) is 6.87.